The summed E-state index contributed by atoms with van der Waals surface area (Å²) in [5.74, 6) is 0.250. The quantitative estimate of drug-likeness (QED) is 0.500. The van der Waals surface area contributed by atoms with E-state index in [1.165, 1.54) is 30.7 Å². The third-order valence-electron chi connectivity index (χ3n) is 4.54. The summed E-state index contributed by atoms with van der Waals surface area (Å²) in [4.78, 5) is 13.0. The molecule has 2 rings (SSSR count). The number of hydrogen-bond acceptors (Lipinski definition) is 6. The van der Waals surface area contributed by atoms with Crippen LogP contribution in [-0.4, -0.2) is 54.6 Å². The summed E-state index contributed by atoms with van der Waals surface area (Å²) in [6.07, 6.45) is 1.75. The Kier molecular flexibility index (Phi) is 9.14. The first-order valence-electron chi connectivity index (χ1n) is 9.95. The summed E-state index contributed by atoms with van der Waals surface area (Å²) in [5.41, 5.74) is 1.17. The molecule has 0 aliphatic rings. The maximum atomic E-state index is 13.0. The van der Waals surface area contributed by atoms with Crippen molar-refractivity contribution < 1.29 is 27.4 Å². The van der Waals surface area contributed by atoms with Crippen molar-refractivity contribution in [1.82, 2.24) is 5.32 Å². The van der Waals surface area contributed by atoms with Gasteiger partial charge in [-0.15, -0.1) is 0 Å². The summed E-state index contributed by atoms with van der Waals surface area (Å²) in [7, 11) is -0.799. The Hall–Kier alpha value is -2.78. The number of methoxy groups -OCH3 is 2. The van der Waals surface area contributed by atoms with E-state index in [0.29, 0.717) is 37.7 Å². The number of hydrogen-bond donors (Lipinski definition) is 1. The first kappa shape index (κ1) is 24.5. The van der Waals surface area contributed by atoms with Crippen LogP contribution in [0.1, 0.15) is 29.3 Å². The van der Waals surface area contributed by atoms with Crippen molar-refractivity contribution in [3.63, 3.8) is 0 Å². The second-order valence-electron chi connectivity index (χ2n) is 6.79. The number of nitrogens with zero attached hydrogens (tertiary/aromatic N) is 1. The standard InChI is InChI=1S/C22H30N2O6S/c1-5-30-13-9-12-23-22(25)18-14-20(28-2)21(29-3)15-19(18)24(31(4,26)27)16-17-10-7-6-8-11-17/h6-8,10-11,14-15H,5,9,12-13,16H2,1-4H3,(H,23,25). The van der Waals surface area contributed by atoms with Crippen LogP contribution in [0.2, 0.25) is 0 Å². The number of amides is 1. The van der Waals surface area contributed by atoms with Gasteiger partial charge in [-0.1, -0.05) is 30.3 Å². The molecule has 31 heavy (non-hydrogen) atoms. The predicted molar refractivity (Wildman–Crippen MR) is 120 cm³/mol. The Balaban J connectivity index is 2.47. The highest BCUT2D eigenvalue weighted by molar-refractivity contribution is 7.92. The molecule has 0 fully saturated rings. The molecule has 0 atom stereocenters. The second kappa shape index (κ2) is 11.6. The number of nitrogens with one attached hydrogen (secondary N) is 1. The first-order valence-corrected chi connectivity index (χ1v) is 11.8. The van der Waals surface area contributed by atoms with Crippen molar-refractivity contribution >= 4 is 21.6 Å². The van der Waals surface area contributed by atoms with Gasteiger partial charge in [-0.3, -0.25) is 9.10 Å². The number of anilines is 1. The van der Waals surface area contributed by atoms with Gasteiger partial charge in [0.05, 0.1) is 38.3 Å². The Bertz CT molecular complexity index is 963. The van der Waals surface area contributed by atoms with Crippen molar-refractivity contribution in [2.75, 3.05) is 44.5 Å². The van der Waals surface area contributed by atoms with E-state index in [-0.39, 0.29) is 17.8 Å². The number of ether oxygens (including phenoxy) is 3. The molecule has 0 heterocycles. The summed E-state index contributed by atoms with van der Waals surface area (Å²) < 4.78 is 42.6. The van der Waals surface area contributed by atoms with E-state index < -0.39 is 15.9 Å². The van der Waals surface area contributed by atoms with E-state index in [1.807, 2.05) is 37.3 Å². The Morgan fingerprint density at radius 1 is 1.06 bits per heavy atom. The molecule has 1 N–H and O–H groups in total. The van der Waals surface area contributed by atoms with Gasteiger partial charge < -0.3 is 19.5 Å². The largest absolute Gasteiger partial charge is 0.493 e. The van der Waals surface area contributed by atoms with Crippen LogP contribution < -0.4 is 19.1 Å². The highest BCUT2D eigenvalue weighted by Gasteiger charge is 2.26. The normalized spacial score (nSPS) is 11.1. The van der Waals surface area contributed by atoms with Crippen LogP contribution in [0, 0.1) is 0 Å². The highest BCUT2D eigenvalue weighted by Crippen LogP contribution is 2.36. The Morgan fingerprint density at radius 3 is 2.29 bits per heavy atom. The lowest BCUT2D eigenvalue weighted by molar-refractivity contribution is 0.0944. The van der Waals surface area contributed by atoms with Crippen LogP contribution in [0.15, 0.2) is 42.5 Å². The molecule has 0 saturated heterocycles. The van der Waals surface area contributed by atoms with Crippen molar-refractivity contribution in [2.45, 2.75) is 19.9 Å². The molecule has 0 spiro atoms. The fourth-order valence-electron chi connectivity index (χ4n) is 3.00. The maximum absolute atomic E-state index is 13.0. The smallest absolute Gasteiger partial charge is 0.253 e. The molecule has 0 bridgehead atoms. The zero-order valence-electron chi connectivity index (χ0n) is 18.4. The van der Waals surface area contributed by atoms with E-state index in [1.54, 1.807) is 0 Å². The molecule has 0 radical (unpaired) electrons. The molecule has 0 aliphatic heterocycles. The lowest BCUT2D eigenvalue weighted by Crippen LogP contribution is -2.33. The number of carbonyl (C=O) groups is 1. The molecule has 0 aliphatic carbocycles. The lowest BCUT2D eigenvalue weighted by Gasteiger charge is -2.26. The molecule has 8 nitrogen and oxygen atoms in total. The van der Waals surface area contributed by atoms with Crippen molar-refractivity contribution in [3.05, 3.63) is 53.6 Å². The zero-order chi connectivity index (χ0) is 22.9. The SMILES string of the molecule is CCOCCCNC(=O)c1cc(OC)c(OC)cc1N(Cc1ccccc1)S(C)(=O)=O. The molecule has 0 unspecified atom stereocenters. The maximum Gasteiger partial charge on any atom is 0.253 e. The fraction of sp³-hybridized carbons (Fsp3) is 0.409. The molecule has 0 aromatic heterocycles. The van der Waals surface area contributed by atoms with E-state index in [2.05, 4.69) is 5.32 Å². The van der Waals surface area contributed by atoms with Crippen molar-refractivity contribution in [2.24, 2.45) is 0 Å². The summed E-state index contributed by atoms with van der Waals surface area (Å²) in [6.45, 7) is 3.50. The van der Waals surface area contributed by atoms with Crippen LogP contribution in [0.4, 0.5) is 5.69 Å². The molecule has 9 heteroatoms. The van der Waals surface area contributed by atoms with Gasteiger partial charge in [0.25, 0.3) is 5.91 Å². The molecule has 0 saturated carbocycles. The topological polar surface area (TPSA) is 94.2 Å². The minimum absolute atomic E-state index is 0.0692. The molecule has 1 amide bonds. The van der Waals surface area contributed by atoms with E-state index in [9.17, 15) is 13.2 Å². The van der Waals surface area contributed by atoms with Crippen LogP contribution in [0.3, 0.4) is 0 Å². The third kappa shape index (κ3) is 6.86. The summed E-state index contributed by atoms with van der Waals surface area (Å²) >= 11 is 0. The minimum atomic E-state index is -3.71. The van der Waals surface area contributed by atoms with Gasteiger partial charge in [0, 0.05) is 25.8 Å². The van der Waals surface area contributed by atoms with E-state index in [0.717, 1.165) is 11.8 Å². The van der Waals surface area contributed by atoms with Gasteiger partial charge in [0.2, 0.25) is 10.0 Å². The number of sulfonamides is 1. The molecular weight excluding hydrogens is 420 g/mol. The minimum Gasteiger partial charge on any atom is -0.493 e. The second-order valence-corrected chi connectivity index (χ2v) is 8.69. The third-order valence-corrected chi connectivity index (χ3v) is 5.67. The average molecular weight is 451 g/mol. The van der Waals surface area contributed by atoms with E-state index >= 15 is 0 Å². The fourth-order valence-corrected chi connectivity index (χ4v) is 3.89. The van der Waals surface area contributed by atoms with Crippen LogP contribution in [-0.2, 0) is 21.3 Å². The number of rotatable bonds is 12. The molecule has 170 valence electrons. The van der Waals surface area contributed by atoms with Crippen molar-refractivity contribution in [3.8, 4) is 11.5 Å². The lowest BCUT2D eigenvalue weighted by atomic mass is 10.1. The summed E-state index contributed by atoms with van der Waals surface area (Å²) in [5, 5.41) is 2.82. The van der Waals surface area contributed by atoms with Gasteiger partial charge in [-0.25, -0.2) is 8.42 Å². The van der Waals surface area contributed by atoms with Gasteiger partial charge in [0.15, 0.2) is 11.5 Å². The van der Waals surface area contributed by atoms with Gasteiger partial charge >= 0.3 is 0 Å². The van der Waals surface area contributed by atoms with Crippen molar-refractivity contribution in [1.29, 1.82) is 0 Å². The number of benzene rings is 2. The van der Waals surface area contributed by atoms with Crippen LogP contribution in [0.25, 0.3) is 0 Å². The van der Waals surface area contributed by atoms with Gasteiger partial charge in [0.1, 0.15) is 0 Å². The predicted octanol–water partition coefficient (Wildman–Crippen LogP) is 2.83. The Labute approximate surface area is 184 Å². The monoisotopic (exact) mass is 450 g/mol. The summed E-state index contributed by atoms with van der Waals surface area (Å²) in [6, 6.07) is 12.2. The van der Waals surface area contributed by atoms with Crippen LogP contribution >= 0.6 is 0 Å². The molecule has 2 aromatic carbocycles. The number of carbonyl (C=O) groups excluding carboxylic acids is 1. The average Bonchev–Trinajstić information content (AvgIpc) is 2.76. The van der Waals surface area contributed by atoms with Gasteiger partial charge in [-0.05, 0) is 25.0 Å². The Morgan fingerprint density at radius 2 is 1.71 bits per heavy atom. The van der Waals surface area contributed by atoms with E-state index in [4.69, 9.17) is 14.2 Å². The highest BCUT2D eigenvalue weighted by atomic mass is 32.2. The molecular formula is C22H30N2O6S. The first-order chi connectivity index (χ1) is 14.8. The van der Waals surface area contributed by atoms with Gasteiger partial charge in [-0.2, -0.15) is 0 Å². The molecule has 2 aromatic rings. The van der Waals surface area contributed by atoms with Crippen LogP contribution in [0.5, 0.6) is 11.5 Å². The zero-order valence-corrected chi connectivity index (χ0v) is 19.2.